The smallest absolute Gasteiger partial charge is 0.243 e. The molecule has 0 aliphatic carbocycles. The monoisotopic (exact) mass is 510 g/mol. The van der Waals surface area contributed by atoms with Gasteiger partial charge in [-0.15, -0.1) is 0 Å². The maximum atomic E-state index is 13.1. The van der Waals surface area contributed by atoms with Crippen molar-refractivity contribution in [3.8, 4) is 11.5 Å². The van der Waals surface area contributed by atoms with Crippen molar-refractivity contribution >= 4 is 37.5 Å². The molecule has 1 amide bonds. The average Bonchev–Trinajstić information content (AvgIpc) is 2.75. The van der Waals surface area contributed by atoms with Gasteiger partial charge in [-0.05, 0) is 62.1 Å². The van der Waals surface area contributed by atoms with Crippen molar-refractivity contribution in [2.75, 3.05) is 32.6 Å². The van der Waals surface area contributed by atoms with Crippen LogP contribution in [0.2, 0.25) is 0 Å². The van der Waals surface area contributed by atoms with E-state index in [1.807, 2.05) is 26.0 Å². The Hall–Kier alpha value is -2.10. The molecule has 2 aromatic carbocycles. The third-order valence-electron chi connectivity index (χ3n) is 5.56. The molecule has 0 bridgehead atoms. The molecule has 7 nitrogen and oxygen atoms in total. The molecule has 1 aliphatic heterocycles. The summed E-state index contributed by atoms with van der Waals surface area (Å²) in [5, 5.41) is 3.03. The Labute approximate surface area is 191 Å². The number of methoxy groups -OCH3 is 2. The van der Waals surface area contributed by atoms with Gasteiger partial charge in [0.15, 0.2) is 11.5 Å². The number of ether oxygens (including phenoxy) is 2. The van der Waals surface area contributed by atoms with Crippen molar-refractivity contribution in [1.82, 2.24) is 4.31 Å². The number of sulfonamides is 1. The number of nitrogens with one attached hydrogen (secondary N) is 1. The van der Waals surface area contributed by atoms with Gasteiger partial charge in [0, 0.05) is 35.2 Å². The van der Waals surface area contributed by atoms with Crippen LogP contribution in [0.4, 0.5) is 5.69 Å². The van der Waals surface area contributed by atoms with Crippen LogP contribution in [0.5, 0.6) is 11.5 Å². The van der Waals surface area contributed by atoms with Crippen LogP contribution in [0.25, 0.3) is 0 Å². The van der Waals surface area contributed by atoms with E-state index in [0.29, 0.717) is 24.3 Å². The quantitative estimate of drug-likeness (QED) is 0.631. The molecular formula is C22H27BrN2O5S. The fourth-order valence-corrected chi connectivity index (χ4v) is 5.99. The first-order valence-electron chi connectivity index (χ1n) is 9.97. The summed E-state index contributed by atoms with van der Waals surface area (Å²) < 4.78 is 38.9. The fraction of sp³-hybridized carbons (Fsp3) is 0.409. The maximum absolute atomic E-state index is 13.1. The minimum Gasteiger partial charge on any atom is -0.493 e. The van der Waals surface area contributed by atoms with E-state index in [0.717, 1.165) is 21.3 Å². The van der Waals surface area contributed by atoms with Gasteiger partial charge >= 0.3 is 0 Å². The van der Waals surface area contributed by atoms with Crippen LogP contribution in [0.1, 0.15) is 24.0 Å². The van der Waals surface area contributed by atoms with Gasteiger partial charge in [0.25, 0.3) is 0 Å². The molecule has 1 aliphatic rings. The normalized spacial score (nSPS) is 15.5. The zero-order chi connectivity index (χ0) is 22.8. The number of anilines is 1. The molecular weight excluding hydrogens is 484 g/mol. The molecule has 0 spiro atoms. The molecule has 31 heavy (non-hydrogen) atoms. The molecule has 0 radical (unpaired) electrons. The second kappa shape index (κ2) is 9.58. The van der Waals surface area contributed by atoms with Gasteiger partial charge in [0.05, 0.1) is 19.1 Å². The van der Waals surface area contributed by atoms with E-state index < -0.39 is 10.0 Å². The van der Waals surface area contributed by atoms with Crippen LogP contribution in [0.15, 0.2) is 39.7 Å². The highest BCUT2D eigenvalue weighted by Gasteiger charge is 2.33. The van der Waals surface area contributed by atoms with E-state index in [9.17, 15) is 13.2 Å². The minimum absolute atomic E-state index is 0.0725. The Kier molecular flexibility index (Phi) is 7.28. The van der Waals surface area contributed by atoms with Gasteiger partial charge in [0.1, 0.15) is 0 Å². The van der Waals surface area contributed by atoms with Gasteiger partial charge in [-0.2, -0.15) is 4.31 Å². The topological polar surface area (TPSA) is 84.9 Å². The van der Waals surface area contributed by atoms with E-state index in [4.69, 9.17) is 9.47 Å². The standard InChI is InChI=1S/C22H27BrN2O5S/c1-14-11-17(23)12-15(2)21(14)24-22(26)16-7-9-25(10-8-16)31(27,28)18-5-6-19(29-3)20(13-18)30-4/h5-6,11-13,16H,7-10H2,1-4H3,(H,24,26). The fourth-order valence-electron chi connectivity index (χ4n) is 3.82. The third kappa shape index (κ3) is 5.05. The molecule has 1 saturated heterocycles. The number of rotatable bonds is 6. The predicted octanol–water partition coefficient (Wildman–Crippen LogP) is 4.12. The Bertz CT molecular complexity index is 1060. The summed E-state index contributed by atoms with van der Waals surface area (Å²) in [5.41, 5.74) is 2.77. The number of amides is 1. The minimum atomic E-state index is -3.68. The number of halogens is 1. The summed E-state index contributed by atoms with van der Waals surface area (Å²) in [6.07, 6.45) is 0.931. The molecule has 0 aromatic heterocycles. The first kappa shape index (κ1) is 23.6. The van der Waals surface area contributed by atoms with Gasteiger partial charge in [-0.1, -0.05) is 15.9 Å². The summed E-state index contributed by atoms with van der Waals surface area (Å²) in [5.74, 6) is 0.518. The van der Waals surface area contributed by atoms with Gasteiger partial charge in [-0.3, -0.25) is 4.79 Å². The summed E-state index contributed by atoms with van der Waals surface area (Å²) >= 11 is 3.46. The number of nitrogens with zero attached hydrogens (tertiary/aromatic N) is 1. The number of aryl methyl sites for hydroxylation is 2. The van der Waals surface area contributed by atoms with Crippen LogP contribution in [-0.2, 0) is 14.8 Å². The Morgan fingerprint density at radius 2 is 1.61 bits per heavy atom. The maximum Gasteiger partial charge on any atom is 0.243 e. The molecule has 1 N–H and O–H groups in total. The Morgan fingerprint density at radius 3 is 2.16 bits per heavy atom. The summed E-state index contributed by atoms with van der Waals surface area (Å²) in [6, 6.07) is 8.47. The summed E-state index contributed by atoms with van der Waals surface area (Å²) in [4.78, 5) is 13.0. The number of hydrogen-bond acceptors (Lipinski definition) is 5. The Balaban J connectivity index is 1.68. The van der Waals surface area contributed by atoms with Crippen LogP contribution in [0.3, 0.4) is 0 Å². The lowest BCUT2D eigenvalue weighted by molar-refractivity contribution is -0.120. The van der Waals surface area contributed by atoms with Gasteiger partial charge < -0.3 is 14.8 Å². The summed E-state index contributed by atoms with van der Waals surface area (Å²) in [6.45, 7) is 4.47. The van der Waals surface area contributed by atoms with Crippen molar-refractivity contribution in [1.29, 1.82) is 0 Å². The third-order valence-corrected chi connectivity index (χ3v) is 7.92. The number of carbonyl (C=O) groups excluding carboxylic acids is 1. The SMILES string of the molecule is COc1ccc(S(=O)(=O)N2CCC(C(=O)Nc3c(C)cc(Br)cc3C)CC2)cc1OC. The highest BCUT2D eigenvalue weighted by atomic mass is 79.9. The summed E-state index contributed by atoms with van der Waals surface area (Å²) in [7, 11) is -0.720. The molecule has 1 fully saturated rings. The molecule has 9 heteroatoms. The predicted molar refractivity (Wildman–Crippen MR) is 123 cm³/mol. The highest BCUT2D eigenvalue weighted by Crippen LogP contribution is 2.32. The van der Waals surface area contributed by atoms with Crippen molar-refractivity contribution < 1.29 is 22.7 Å². The molecule has 0 unspecified atom stereocenters. The van der Waals surface area contributed by atoms with Crippen molar-refractivity contribution in [3.05, 3.63) is 45.9 Å². The van der Waals surface area contributed by atoms with E-state index in [-0.39, 0.29) is 29.8 Å². The van der Waals surface area contributed by atoms with E-state index in [1.54, 1.807) is 6.07 Å². The number of carbonyl (C=O) groups is 1. The number of benzene rings is 2. The zero-order valence-corrected chi connectivity index (χ0v) is 20.5. The van der Waals surface area contributed by atoms with Crippen molar-refractivity contribution in [2.45, 2.75) is 31.6 Å². The first-order valence-corrected chi connectivity index (χ1v) is 12.2. The average molecular weight is 511 g/mol. The molecule has 3 rings (SSSR count). The lowest BCUT2D eigenvalue weighted by Crippen LogP contribution is -2.41. The molecule has 168 valence electrons. The lowest BCUT2D eigenvalue weighted by Gasteiger charge is -2.31. The Morgan fingerprint density at radius 1 is 1.03 bits per heavy atom. The number of hydrogen-bond donors (Lipinski definition) is 1. The highest BCUT2D eigenvalue weighted by molar-refractivity contribution is 9.10. The van der Waals surface area contributed by atoms with Crippen LogP contribution < -0.4 is 14.8 Å². The van der Waals surface area contributed by atoms with Crippen LogP contribution in [0, 0.1) is 19.8 Å². The lowest BCUT2D eigenvalue weighted by atomic mass is 9.96. The van der Waals surface area contributed by atoms with Crippen molar-refractivity contribution in [2.24, 2.45) is 5.92 Å². The zero-order valence-electron chi connectivity index (χ0n) is 18.1. The molecule has 0 saturated carbocycles. The van der Waals surface area contributed by atoms with Gasteiger partial charge in [0.2, 0.25) is 15.9 Å². The van der Waals surface area contributed by atoms with Crippen LogP contribution >= 0.6 is 15.9 Å². The number of piperidine rings is 1. The van der Waals surface area contributed by atoms with Gasteiger partial charge in [-0.25, -0.2) is 8.42 Å². The molecule has 2 aromatic rings. The van der Waals surface area contributed by atoms with E-state index >= 15 is 0 Å². The first-order chi connectivity index (χ1) is 14.7. The molecule has 1 heterocycles. The van der Waals surface area contributed by atoms with Crippen molar-refractivity contribution in [3.63, 3.8) is 0 Å². The largest absolute Gasteiger partial charge is 0.493 e. The molecule has 0 atom stereocenters. The van der Waals surface area contributed by atoms with E-state index in [2.05, 4.69) is 21.2 Å². The van der Waals surface area contributed by atoms with Crippen LogP contribution in [-0.4, -0.2) is 45.9 Å². The second-order valence-corrected chi connectivity index (χ2v) is 10.5. The second-order valence-electron chi connectivity index (χ2n) is 7.60. The van der Waals surface area contributed by atoms with E-state index in [1.165, 1.54) is 30.7 Å².